The van der Waals surface area contributed by atoms with Gasteiger partial charge in [-0.2, -0.15) is 13.2 Å². The second-order valence-electron chi connectivity index (χ2n) is 3.11. The molecule has 1 N–H and O–H groups in total. The highest BCUT2D eigenvalue weighted by Gasteiger charge is 2.27. The number of aliphatic hydroxyl groups is 1. The van der Waals surface area contributed by atoms with E-state index >= 15 is 0 Å². The minimum absolute atomic E-state index is 0.270. The minimum Gasteiger partial charge on any atom is -0.466 e. The third kappa shape index (κ3) is 4.93. The molecule has 0 saturated carbocycles. The van der Waals surface area contributed by atoms with E-state index < -0.39 is 19.6 Å². The number of alkyl halides is 3. The van der Waals surface area contributed by atoms with Crippen LogP contribution in [0.5, 0.6) is 5.75 Å². The lowest BCUT2D eigenvalue weighted by atomic mass is 10.2. The third-order valence-electron chi connectivity index (χ3n) is 1.77. The Kier molecular flexibility index (Phi) is 5.23. The first kappa shape index (κ1) is 14.3. The topological polar surface area (TPSA) is 38.7 Å². The van der Waals surface area contributed by atoms with Gasteiger partial charge < -0.3 is 14.6 Å². The Morgan fingerprint density at radius 3 is 2.59 bits per heavy atom. The Labute approximate surface area is 104 Å². The largest absolute Gasteiger partial charge is 0.466 e. The van der Waals surface area contributed by atoms with E-state index in [0.717, 1.165) is 0 Å². The van der Waals surface area contributed by atoms with E-state index in [-0.39, 0.29) is 12.4 Å². The Balaban J connectivity index is 2.52. The maximum absolute atomic E-state index is 11.8. The summed E-state index contributed by atoms with van der Waals surface area (Å²) in [5, 5.41) is 9.01. The molecule has 0 unspecified atom stereocenters. The molecule has 0 fully saturated rings. The van der Waals surface area contributed by atoms with Crippen molar-refractivity contribution in [1.82, 2.24) is 0 Å². The van der Waals surface area contributed by atoms with Gasteiger partial charge in [0.15, 0.2) is 6.79 Å². The van der Waals surface area contributed by atoms with E-state index in [1.54, 1.807) is 18.2 Å². The Bertz CT molecular complexity index is 368. The van der Waals surface area contributed by atoms with Crippen molar-refractivity contribution in [3.05, 3.63) is 28.2 Å². The maximum Gasteiger partial charge on any atom is 0.411 e. The number of halogens is 4. The molecule has 0 aliphatic rings. The van der Waals surface area contributed by atoms with Crippen molar-refractivity contribution in [1.29, 1.82) is 0 Å². The van der Waals surface area contributed by atoms with Crippen LogP contribution in [-0.4, -0.2) is 24.7 Å². The van der Waals surface area contributed by atoms with Gasteiger partial charge in [0.2, 0.25) is 0 Å². The first-order valence-electron chi connectivity index (χ1n) is 4.59. The van der Waals surface area contributed by atoms with Crippen LogP contribution in [0.4, 0.5) is 13.2 Å². The number of hydrogen-bond donors (Lipinski definition) is 1. The molecule has 0 aliphatic heterocycles. The molecule has 0 aromatic heterocycles. The molecular formula is C10H10BrF3O3. The second kappa shape index (κ2) is 6.23. The van der Waals surface area contributed by atoms with E-state index in [9.17, 15) is 13.2 Å². The van der Waals surface area contributed by atoms with Crippen LogP contribution < -0.4 is 4.74 Å². The van der Waals surface area contributed by atoms with Gasteiger partial charge in [0.25, 0.3) is 0 Å². The molecule has 0 aliphatic carbocycles. The summed E-state index contributed by atoms with van der Waals surface area (Å²) in [4.78, 5) is 0. The van der Waals surface area contributed by atoms with Crippen LogP contribution in [0.3, 0.4) is 0 Å². The fourth-order valence-electron chi connectivity index (χ4n) is 1.10. The monoisotopic (exact) mass is 314 g/mol. The molecule has 0 atom stereocenters. The fraction of sp³-hybridized carbons (Fsp3) is 0.400. The van der Waals surface area contributed by atoms with Gasteiger partial charge in [0.1, 0.15) is 12.4 Å². The van der Waals surface area contributed by atoms with E-state index in [1.165, 1.54) is 0 Å². The summed E-state index contributed by atoms with van der Waals surface area (Å²) in [5.41, 5.74) is 0.468. The van der Waals surface area contributed by atoms with Gasteiger partial charge in [0, 0.05) is 5.56 Å². The number of rotatable bonds is 5. The number of aliphatic hydroxyl groups excluding tert-OH is 1. The van der Waals surface area contributed by atoms with E-state index in [2.05, 4.69) is 20.7 Å². The smallest absolute Gasteiger partial charge is 0.411 e. The molecule has 7 heteroatoms. The summed E-state index contributed by atoms with van der Waals surface area (Å²) < 4.78 is 45.2. The van der Waals surface area contributed by atoms with Gasteiger partial charge in [-0.05, 0) is 22.0 Å². The first-order valence-corrected chi connectivity index (χ1v) is 5.39. The fourth-order valence-corrected chi connectivity index (χ4v) is 1.62. The molecule has 0 amide bonds. The number of ether oxygens (including phenoxy) is 2. The van der Waals surface area contributed by atoms with Crippen LogP contribution in [0.2, 0.25) is 0 Å². The molecule has 0 bridgehead atoms. The van der Waals surface area contributed by atoms with E-state index in [0.29, 0.717) is 10.0 Å². The molecule has 3 nitrogen and oxygen atoms in total. The lowest BCUT2D eigenvalue weighted by molar-refractivity contribution is -0.186. The predicted molar refractivity (Wildman–Crippen MR) is 57.6 cm³/mol. The molecule has 1 aromatic carbocycles. The number of benzene rings is 1. The minimum atomic E-state index is -4.38. The normalized spacial score (nSPS) is 11.6. The van der Waals surface area contributed by atoms with Gasteiger partial charge in [-0.15, -0.1) is 0 Å². The maximum atomic E-state index is 11.8. The molecule has 17 heavy (non-hydrogen) atoms. The number of para-hydroxylation sites is 1. The van der Waals surface area contributed by atoms with Crippen LogP contribution in [0.15, 0.2) is 22.7 Å². The molecule has 1 aromatic rings. The number of hydrogen-bond acceptors (Lipinski definition) is 3. The van der Waals surface area contributed by atoms with Crippen molar-refractivity contribution >= 4 is 15.9 Å². The molecule has 0 heterocycles. The van der Waals surface area contributed by atoms with E-state index in [1.807, 2.05) is 0 Å². The average Bonchev–Trinajstić information content (AvgIpc) is 2.24. The quantitative estimate of drug-likeness (QED) is 0.671. The van der Waals surface area contributed by atoms with Crippen LogP contribution in [-0.2, 0) is 11.3 Å². The van der Waals surface area contributed by atoms with Gasteiger partial charge in [0.05, 0.1) is 11.1 Å². The summed E-state index contributed by atoms with van der Waals surface area (Å²) in [6, 6.07) is 4.93. The highest BCUT2D eigenvalue weighted by Crippen LogP contribution is 2.29. The van der Waals surface area contributed by atoms with Crippen molar-refractivity contribution < 1.29 is 27.8 Å². The predicted octanol–water partition coefficient (Wildman–Crippen LogP) is 2.86. The van der Waals surface area contributed by atoms with Gasteiger partial charge in [-0.25, -0.2) is 0 Å². The highest BCUT2D eigenvalue weighted by molar-refractivity contribution is 9.10. The highest BCUT2D eigenvalue weighted by atomic mass is 79.9. The van der Waals surface area contributed by atoms with Gasteiger partial charge in [-0.3, -0.25) is 0 Å². The summed E-state index contributed by atoms with van der Waals surface area (Å²) in [6.45, 7) is -2.17. The zero-order valence-electron chi connectivity index (χ0n) is 8.63. The van der Waals surface area contributed by atoms with Crippen LogP contribution in [0.1, 0.15) is 5.56 Å². The second-order valence-corrected chi connectivity index (χ2v) is 3.97. The molecule has 0 saturated heterocycles. The summed E-state index contributed by atoms with van der Waals surface area (Å²) >= 11 is 3.17. The van der Waals surface area contributed by atoms with Crippen molar-refractivity contribution in [2.24, 2.45) is 0 Å². The SMILES string of the molecule is OCc1cccc(Br)c1OCOCC(F)(F)F. The van der Waals surface area contributed by atoms with Crippen molar-refractivity contribution in [3.63, 3.8) is 0 Å². The molecule has 0 radical (unpaired) electrons. The summed E-state index contributed by atoms with van der Waals surface area (Å²) in [6.07, 6.45) is -4.38. The van der Waals surface area contributed by atoms with Crippen LogP contribution in [0.25, 0.3) is 0 Å². The van der Waals surface area contributed by atoms with Crippen LogP contribution >= 0.6 is 15.9 Å². The Hall–Kier alpha value is -0.790. The molecule has 1 rings (SSSR count). The zero-order valence-corrected chi connectivity index (χ0v) is 10.2. The standard InChI is InChI=1S/C10H10BrF3O3/c11-8-3-1-2-7(4-15)9(8)17-6-16-5-10(12,13)14/h1-3,15H,4-6H2. The summed E-state index contributed by atoms with van der Waals surface area (Å²) in [5.74, 6) is 0.275. The van der Waals surface area contributed by atoms with Crippen molar-refractivity contribution in [2.75, 3.05) is 13.4 Å². The zero-order chi connectivity index (χ0) is 12.9. The van der Waals surface area contributed by atoms with Gasteiger partial charge >= 0.3 is 6.18 Å². The molecule has 0 spiro atoms. The Morgan fingerprint density at radius 2 is 2.00 bits per heavy atom. The Morgan fingerprint density at radius 1 is 1.29 bits per heavy atom. The van der Waals surface area contributed by atoms with E-state index in [4.69, 9.17) is 9.84 Å². The van der Waals surface area contributed by atoms with Crippen molar-refractivity contribution in [3.8, 4) is 5.75 Å². The molecule has 96 valence electrons. The third-order valence-corrected chi connectivity index (χ3v) is 2.40. The first-order chi connectivity index (χ1) is 7.94. The van der Waals surface area contributed by atoms with Crippen molar-refractivity contribution in [2.45, 2.75) is 12.8 Å². The average molecular weight is 315 g/mol. The van der Waals surface area contributed by atoms with Crippen LogP contribution in [0, 0.1) is 0 Å². The lowest BCUT2D eigenvalue weighted by Gasteiger charge is -2.13. The molecular weight excluding hydrogens is 305 g/mol. The van der Waals surface area contributed by atoms with Gasteiger partial charge in [-0.1, -0.05) is 12.1 Å². The summed E-state index contributed by atoms with van der Waals surface area (Å²) in [7, 11) is 0. The lowest BCUT2D eigenvalue weighted by Crippen LogP contribution is -2.19.